The molecule has 164 valence electrons. The van der Waals surface area contributed by atoms with E-state index in [0.717, 1.165) is 10.6 Å². The van der Waals surface area contributed by atoms with E-state index in [9.17, 15) is 9.59 Å². The molecule has 0 aromatic heterocycles. The average molecular weight is 556 g/mol. The Hall–Kier alpha value is -1.20. The zero-order chi connectivity index (χ0) is 21.2. The highest BCUT2D eigenvalue weighted by atomic mass is 127. The molecule has 3 N–H and O–H groups in total. The van der Waals surface area contributed by atoms with Crippen molar-refractivity contribution in [3.8, 4) is 0 Å². The Morgan fingerprint density at radius 3 is 2.34 bits per heavy atom. The fraction of sp³-hybridized carbons (Fsp3) is 0.526. The van der Waals surface area contributed by atoms with Gasteiger partial charge in [-0.05, 0) is 38.1 Å². The minimum Gasteiger partial charge on any atom is -0.359 e. The predicted octanol–water partition coefficient (Wildman–Crippen LogP) is 2.45. The lowest BCUT2D eigenvalue weighted by atomic mass is 9.92. The van der Waals surface area contributed by atoms with Crippen LogP contribution in [0.4, 0.5) is 0 Å². The lowest BCUT2D eigenvalue weighted by Gasteiger charge is -2.24. The Labute approximate surface area is 199 Å². The molecule has 0 aliphatic carbocycles. The van der Waals surface area contributed by atoms with E-state index in [-0.39, 0.29) is 42.3 Å². The van der Waals surface area contributed by atoms with E-state index in [1.54, 1.807) is 32.9 Å². The first-order chi connectivity index (χ1) is 13.2. The van der Waals surface area contributed by atoms with Crippen LogP contribution in [0.3, 0.4) is 0 Å². The molecule has 0 spiro atoms. The molecule has 10 heteroatoms. The summed E-state index contributed by atoms with van der Waals surface area (Å²) in [5.74, 6) is 1.15. The summed E-state index contributed by atoms with van der Waals surface area (Å²) >= 11 is 7.59. The first kappa shape index (κ1) is 27.8. The van der Waals surface area contributed by atoms with Gasteiger partial charge in [-0.25, -0.2) is 4.99 Å². The highest BCUT2D eigenvalue weighted by Gasteiger charge is 2.26. The molecule has 2 amide bonds. The summed E-state index contributed by atoms with van der Waals surface area (Å²) in [7, 11) is 4.99. The van der Waals surface area contributed by atoms with Gasteiger partial charge in [-0.3, -0.25) is 9.59 Å². The third-order valence-electron chi connectivity index (χ3n) is 3.89. The van der Waals surface area contributed by atoms with Crippen LogP contribution in [0.25, 0.3) is 0 Å². The average Bonchev–Trinajstić information content (AvgIpc) is 2.66. The maximum absolute atomic E-state index is 12.0. The number of benzene rings is 1. The number of rotatable bonds is 9. The first-order valence-electron chi connectivity index (χ1n) is 8.98. The van der Waals surface area contributed by atoms with Crippen LogP contribution in [0.15, 0.2) is 34.2 Å². The normalized spacial score (nSPS) is 11.3. The van der Waals surface area contributed by atoms with Gasteiger partial charge in [-0.15, -0.1) is 35.7 Å². The van der Waals surface area contributed by atoms with Gasteiger partial charge in [0.25, 0.3) is 0 Å². The van der Waals surface area contributed by atoms with Crippen molar-refractivity contribution < 1.29 is 9.59 Å². The van der Waals surface area contributed by atoms with Crippen LogP contribution in [0, 0.1) is 5.41 Å². The number of nitrogens with one attached hydrogen (secondary N) is 3. The molecule has 1 rings (SSSR count). The largest absolute Gasteiger partial charge is 0.359 e. The van der Waals surface area contributed by atoms with E-state index in [1.165, 1.54) is 4.90 Å². The highest BCUT2D eigenvalue weighted by Crippen LogP contribution is 2.19. The summed E-state index contributed by atoms with van der Waals surface area (Å²) < 4.78 is 0. The van der Waals surface area contributed by atoms with Gasteiger partial charge in [0, 0.05) is 49.9 Å². The summed E-state index contributed by atoms with van der Waals surface area (Å²) in [6.45, 7) is 4.76. The molecule has 7 nitrogen and oxygen atoms in total. The van der Waals surface area contributed by atoms with E-state index < -0.39 is 5.41 Å². The molecule has 0 aliphatic heterocycles. The zero-order valence-corrected chi connectivity index (χ0v) is 21.4. The minimum absolute atomic E-state index is 0. The van der Waals surface area contributed by atoms with Crippen molar-refractivity contribution in [1.29, 1.82) is 0 Å². The number of hydrogen-bond acceptors (Lipinski definition) is 4. The molecule has 0 unspecified atom stereocenters. The van der Waals surface area contributed by atoms with Crippen molar-refractivity contribution in [2.75, 3.05) is 46.5 Å². The smallest absolute Gasteiger partial charge is 0.243 e. The Balaban J connectivity index is 0.00000784. The monoisotopic (exact) mass is 555 g/mol. The predicted molar refractivity (Wildman–Crippen MR) is 132 cm³/mol. The van der Waals surface area contributed by atoms with E-state index in [0.29, 0.717) is 24.1 Å². The minimum atomic E-state index is -0.610. The summed E-state index contributed by atoms with van der Waals surface area (Å²) in [5, 5.41) is 9.74. The molecule has 1 aromatic rings. The standard InChI is InChI=1S/C19H30ClN5O2S.HI/c1-19(2,17(27)21-3)13-24-18(23-12-16(26)25(4)5)22-10-11-28-15-8-6-14(20)7-9-15;/h6-9H,10-13H2,1-5H3,(H,21,27)(H2,22,23,24);1H. The van der Waals surface area contributed by atoms with Crippen LogP contribution >= 0.6 is 47.3 Å². The molecule has 0 bridgehead atoms. The molecule has 29 heavy (non-hydrogen) atoms. The molecule has 0 fully saturated rings. The molecule has 1 aromatic carbocycles. The van der Waals surface area contributed by atoms with Gasteiger partial charge in [0.15, 0.2) is 5.96 Å². The van der Waals surface area contributed by atoms with E-state index in [1.807, 2.05) is 38.1 Å². The molecule has 0 saturated heterocycles. The molecule has 0 radical (unpaired) electrons. The summed E-state index contributed by atoms with van der Waals surface area (Å²) in [6, 6.07) is 7.67. The van der Waals surface area contributed by atoms with Crippen molar-refractivity contribution in [3.63, 3.8) is 0 Å². The van der Waals surface area contributed by atoms with Crippen LogP contribution in [-0.4, -0.2) is 69.2 Å². The Bertz CT molecular complexity index is 684. The van der Waals surface area contributed by atoms with Gasteiger partial charge in [0.05, 0.1) is 5.41 Å². The second-order valence-corrected chi connectivity index (χ2v) is 8.60. The van der Waals surface area contributed by atoms with Crippen LogP contribution in [-0.2, 0) is 9.59 Å². The lowest BCUT2D eigenvalue weighted by molar-refractivity contribution is -0.128. The van der Waals surface area contributed by atoms with E-state index in [2.05, 4.69) is 20.9 Å². The van der Waals surface area contributed by atoms with Crippen molar-refractivity contribution in [1.82, 2.24) is 20.9 Å². The van der Waals surface area contributed by atoms with Crippen molar-refractivity contribution >= 4 is 65.1 Å². The van der Waals surface area contributed by atoms with Gasteiger partial charge in [-0.1, -0.05) is 11.6 Å². The van der Waals surface area contributed by atoms with Gasteiger partial charge in [0.2, 0.25) is 11.8 Å². The number of hydrogen-bond donors (Lipinski definition) is 3. The van der Waals surface area contributed by atoms with Crippen molar-refractivity contribution in [2.24, 2.45) is 10.4 Å². The topological polar surface area (TPSA) is 85.8 Å². The number of guanidine groups is 1. The van der Waals surface area contributed by atoms with Gasteiger partial charge in [0.1, 0.15) is 6.54 Å². The maximum Gasteiger partial charge on any atom is 0.243 e. The van der Waals surface area contributed by atoms with Crippen LogP contribution in [0.2, 0.25) is 5.02 Å². The lowest BCUT2D eigenvalue weighted by Crippen LogP contribution is -2.47. The number of carbonyl (C=O) groups excluding carboxylic acids is 2. The molecular formula is C19H31ClIN5O2S. The quantitative estimate of drug-likeness (QED) is 0.143. The Morgan fingerprint density at radius 2 is 1.79 bits per heavy atom. The van der Waals surface area contributed by atoms with Gasteiger partial charge >= 0.3 is 0 Å². The van der Waals surface area contributed by atoms with Crippen molar-refractivity contribution in [3.05, 3.63) is 29.3 Å². The summed E-state index contributed by atoms with van der Waals surface area (Å²) in [4.78, 5) is 30.7. The third kappa shape index (κ3) is 10.9. The number of halogens is 2. The van der Waals surface area contributed by atoms with Crippen LogP contribution in [0.1, 0.15) is 13.8 Å². The number of nitrogens with zero attached hydrogens (tertiary/aromatic N) is 2. The third-order valence-corrected chi connectivity index (χ3v) is 5.15. The Kier molecular flexibility index (Phi) is 13.3. The highest BCUT2D eigenvalue weighted by molar-refractivity contribution is 14.0. The molecule has 0 aliphatic rings. The van der Waals surface area contributed by atoms with Crippen molar-refractivity contribution in [2.45, 2.75) is 18.7 Å². The van der Waals surface area contributed by atoms with E-state index in [4.69, 9.17) is 11.6 Å². The molecule has 0 heterocycles. The SMILES string of the molecule is CNC(=O)C(C)(C)CNC(=NCC(=O)N(C)C)NCCSc1ccc(Cl)cc1.I. The number of amides is 2. The molecule has 0 saturated carbocycles. The fourth-order valence-corrected chi connectivity index (χ4v) is 2.95. The first-order valence-corrected chi connectivity index (χ1v) is 10.3. The van der Waals surface area contributed by atoms with E-state index >= 15 is 0 Å². The van der Waals surface area contributed by atoms with Crippen LogP contribution < -0.4 is 16.0 Å². The fourth-order valence-electron chi connectivity index (χ4n) is 2.05. The van der Waals surface area contributed by atoms with Crippen LogP contribution in [0.5, 0.6) is 0 Å². The summed E-state index contributed by atoms with van der Waals surface area (Å²) in [5.41, 5.74) is -0.610. The number of carbonyl (C=O) groups is 2. The second kappa shape index (κ2) is 13.9. The summed E-state index contributed by atoms with van der Waals surface area (Å²) in [6.07, 6.45) is 0. The maximum atomic E-state index is 12.0. The van der Waals surface area contributed by atoms with Gasteiger partial charge in [-0.2, -0.15) is 0 Å². The zero-order valence-electron chi connectivity index (χ0n) is 17.5. The Morgan fingerprint density at radius 1 is 1.17 bits per heavy atom. The number of aliphatic imine (C=N–C) groups is 1. The number of thioether (sulfide) groups is 1. The van der Waals surface area contributed by atoms with Gasteiger partial charge < -0.3 is 20.9 Å². The molecule has 0 atom stereocenters. The second-order valence-electron chi connectivity index (χ2n) is 7.00. The molecular weight excluding hydrogens is 525 g/mol. The number of likely N-dealkylation sites (N-methyl/N-ethyl adjacent to an activating group) is 1.